The number of anilines is 1. The fourth-order valence-electron chi connectivity index (χ4n) is 3.71. The van der Waals surface area contributed by atoms with Crippen LogP contribution in [0.2, 0.25) is 0 Å². The molecule has 0 bridgehead atoms. The van der Waals surface area contributed by atoms with Crippen molar-refractivity contribution in [2.24, 2.45) is 26.4 Å². The zero-order valence-electron chi connectivity index (χ0n) is 20.6. The highest BCUT2D eigenvalue weighted by atomic mass is 16.2. The quantitative estimate of drug-likeness (QED) is 0.295. The van der Waals surface area contributed by atoms with Gasteiger partial charge >= 0.3 is 0 Å². The molecule has 9 nitrogen and oxygen atoms in total. The Kier molecular flexibility index (Phi) is 7.85. The molecule has 1 amide bonds. The van der Waals surface area contributed by atoms with Crippen molar-refractivity contribution < 1.29 is 4.79 Å². The molecule has 2 heterocycles. The molecule has 1 aromatic heterocycles. The Morgan fingerprint density at radius 1 is 0.919 bits per heavy atom. The fourth-order valence-corrected chi connectivity index (χ4v) is 3.71. The van der Waals surface area contributed by atoms with E-state index in [1.165, 1.54) is 0 Å². The number of aliphatic imine (C=N–C) groups is 3. The first-order chi connectivity index (χ1) is 18.1. The third-order valence-electron chi connectivity index (χ3n) is 5.39. The first kappa shape index (κ1) is 25.1. The third kappa shape index (κ3) is 5.79. The molecule has 9 heteroatoms. The number of hydrogen-bond donors (Lipinski definition) is 3. The number of rotatable bonds is 4. The van der Waals surface area contributed by atoms with E-state index in [0.29, 0.717) is 17.0 Å². The maximum atomic E-state index is 12.9. The number of nitrogens with one attached hydrogen (secondary N) is 1. The summed E-state index contributed by atoms with van der Waals surface area (Å²) in [7, 11) is 0. The Hall–Kier alpha value is -5.05. The van der Waals surface area contributed by atoms with Crippen molar-refractivity contribution in [1.82, 2.24) is 9.78 Å². The molecule has 1 aliphatic rings. The van der Waals surface area contributed by atoms with E-state index in [-0.39, 0.29) is 11.8 Å². The normalized spacial score (nSPS) is 15.5. The minimum absolute atomic E-state index is 0.152. The molecule has 1 atom stereocenters. The van der Waals surface area contributed by atoms with Crippen LogP contribution in [-0.2, 0) is 4.79 Å². The lowest BCUT2D eigenvalue weighted by molar-refractivity contribution is -0.117. The van der Waals surface area contributed by atoms with Crippen LogP contribution < -0.4 is 16.8 Å². The molecule has 1 unspecified atom stereocenters. The first-order valence-corrected chi connectivity index (χ1v) is 11.9. The van der Waals surface area contributed by atoms with Gasteiger partial charge in [0.05, 0.1) is 17.1 Å². The second-order valence-electron chi connectivity index (χ2n) is 7.73. The molecule has 0 aliphatic carbocycles. The van der Waals surface area contributed by atoms with Gasteiger partial charge in [-0.15, -0.1) is 0 Å². The predicted molar refractivity (Wildman–Crippen MR) is 148 cm³/mol. The van der Waals surface area contributed by atoms with E-state index in [1.54, 1.807) is 10.9 Å². The molecule has 4 aromatic rings. The number of benzene rings is 3. The summed E-state index contributed by atoms with van der Waals surface area (Å²) >= 11 is 0. The molecule has 0 spiro atoms. The molecule has 5 N–H and O–H groups in total. The topological polar surface area (TPSA) is 136 Å². The number of fused-ring (bicyclic) bond motifs is 1. The Morgan fingerprint density at radius 2 is 1.62 bits per heavy atom. The lowest BCUT2D eigenvalue weighted by Gasteiger charge is -2.09. The van der Waals surface area contributed by atoms with Gasteiger partial charge in [-0.25, -0.2) is 14.7 Å². The number of nitrogens with two attached hydrogens (primary N) is 2. The molecular weight excluding hydrogens is 464 g/mol. The van der Waals surface area contributed by atoms with E-state index in [9.17, 15) is 4.79 Å². The highest BCUT2D eigenvalue weighted by Crippen LogP contribution is 2.24. The van der Waals surface area contributed by atoms with E-state index in [4.69, 9.17) is 11.5 Å². The Bertz CT molecular complexity index is 1440. The average Bonchev–Trinajstić information content (AvgIpc) is 3.44. The van der Waals surface area contributed by atoms with E-state index in [2.05, 4.69) is 25.4 Å². The van der Waals surface area contributed by atoms with Crippen LogP contribution in [0.4, 0.5) is 5.69 Å². The number of amides is 1. The van der Waals surface area contributed by atoms with Gasteiger partial charge in [-0.05, 0) is 36.4 Å². The number of guanidine groups is 1. The van der Waals surface area contributed by atoms with E-state index < -0.39 is 12.1 Å². The molecule has 1 aliphatic heterocycles. The largest absolute Gasteiger partial charge is 0.383 e. The summed E-state index contributed by atoms with van der Waals surface area (Å²) in [6, 6.07) is 26.3. The van der Waals surface area contributed by atoms with Crippen LogP contribution in [0.3, 0.4) is 0 Å². The summed E-state index contributed by atoms with van der Waals surface area (Å²) in [5.74, 6) is -0.396. The molecule has 3 aromatic carbocycles. The standard InChI is InChI=1S/C26H22N8O.C2H6/c27-23(18-11-13-19(14-12-18)34-16-6-15-29-34)32-26(28)33-24-25(35)30-21-10-5-4-9-20(21)22(31-24)17-7-2-1-3-8-17;1-2/h1-16,24H,(H,30,35)(H4,27,28,32,33);1-2H3. The number of benzodiazepines with no additional fused rings is 1. The molecule has 37 heavy (non-hydrogen) atoms. The summed E-state index contributed by atoms with van der Waals surface area (Å²) in [4.78, 5) is 26.0. The van der Waals surface area contributed by atoms with Gasteiger partial charge in [0, 0.05) is 29.1 Å². The molecular formula is C28H28N8O. The van der Waals surface area contributed by atoms with Gasteiger partial charge in [-0.2, -0.15) is 10.1 Å². The van der Waals surface area contributed by atoms with E-state index in [0.717, 1.165) is 16.8 Å². The molecule has 0 fully saturated rings. The van der Waals surface area contributed by atoms with Crippen molar-refractivity contribution >= 4 is 29.1 Å². The van der Waals surface area contributed by atoms with Gasteiger partial charge in [0.2, 0.25) is 12.1 Å². The summed E-state index contributed by atoms with van der Waals surface area (Å²) < 4.78 is 1.73. The molecule has 0 saturated carbocycles. The monoisotopic (exact) mass is 492 g/mol. The van der Waals surface area contributed by atoms with Gasteiger partial charge in [0.1, 0.15) is 5.84 Å². The van der Waals surface area contributed by atoms with Crippen LogP contribution >= 0.6 is 0 Å². The Balaban J connectivity index is 0.00000156. The number of amidine groups is 1. The Morgan fingerprint density at radius 3 is 2.32 bits per heavy atom. The second kappa shape index (κ2) is 11.6. The second-order valence-corrected chi connectivity index (χ2v) is 7.73. The smallest absolute Gasteiger partial charge is 0.271 e. The number of nitrogens with zero attached hydrogens (tertiary/aromatic N) is 5. The highest BCUT2D eigenvalue weighted by Gasteiger charge is 2.25. The van der Waals surface area contributed by atoms with Gasteiger partial charge in [-0.1, -0.05) is 62.4 Å². The average molecular weight is 493 g/mol. The fraction of sp³-hybridized carbons (Fsp3) is 0.107. The van der Waals surface area contributed by atoms with Crippen LogP contribution in [0, 0.1) is 0 Å². The van der Waals surface area contributed by atoms with Crippen molar-refractivity contribution in [3.63, 3.8) is 0 Å². The van der Waals surface area contributed by atoms with Crippen LogP contribution in [-0.4, -0.2) is 39.4 Å². The van der Waals surface area contributed by atoms with Crippen LogP contribution in [0.1, 0.15) is 30.5 Å². The van der Waals surface area contributed by atoms with E-state index >= 15 is 0 Å². The highest BCUT2D eigenvalue weighted by molar-refractivity contribution is 6.19. The summed E-state index contributed by atoms with van der Waals surface area (Å²) in [5, 5.41) is 7.08. The van der Waals surface area contributed by atoms with Crippen LogP contribution in [0.15, 0.2) is 112 Å². The number of hydrogen-bond acceptors (Lipinski definition) is 4. The zero-order valence-corrected chi connectivity index (χ0v) is 20.6. The van der Waals surface area contributed by atoms with Crippen molar-refractivity contribution in [2.75, 3.05) is 5.32 Å². The van der Waals surface area contributed by atoms with Gasteiger partial charge in [0.25, 0.3) is 5.91 Å². The lowest BCUT2D eigenvalue weighted by Crippen LogP contribution is -2.27. The SMILES string of the molecule is CC.N/C(=N\C(N)=N\C1N=C(c2ccccc2)c2ccccc2NC1=O)c1ccc(-n2cccn2)cc1. The van der Waals surface area contributed by atoms with Crippen molar-refractivity contribution in [3.05, 3.63) is 114 Å². The van der Waals surface area contributed by atoms with Gasteiger partial charge in [-0.3, -0.25) is 4.79 Å². The molecule has 0 radical (unpaired) electrons. The van der Waals surface area contributed by atoms with Crippen molar-refractivity contribution in [3.8, 4) is 5.69 Å². The van der Waals surface area contributed by atoms with E-state index in [1.807, 2.05) is 105 Å². The third-order valence-corrected chi connectivity index (χ3v) is 5.39. The summed E-state index contributed by atoms with van der Waals surface area (Å²) in [6.07, 6.45) is 2.42. The van der Waals surface area contributed by atoms with Crippen molar-refractivity contribution in [2.45, 2.75) is 20.0 Å². The van der Waals surface area contributed by atoms with Crippen LogP contribution in [0.25, 0.3) is 5.69 Å². The molecule has 186 valence electrons. The zero-order chi connectivity index (χ0) is 26.2. The number of carbonyl (C=O) groups excluding carboxylic acids is 1. The lowest BCUT2D eigenvalue weighted by atomic mass is 10.0. The summed E-state index contributed by atoms with van der Waals surface area (Å²) in [6.45, 7) is 4.00. The van der Waals surface area contributed by atoms with Gasteiger partial charge < -0.3 is 16.8 Å². The Labute approximate surface area is 215 Å². The van der Waals surface area contributed by atoms with Gasteiger partial charge in [0.15, 0.2) is 0 Å². The maximum Gasteiger partial charge on any atom is 0.271 e. The number of para-hydroxylation sites is 1. The van der Waals surface area contributed by atoms with Crippen LogP contribution in [0.5, 0.6) is 0 Å². The molecule has 0 saturated heterocycles. The maximum absolute atomic E-state index is 12.9. The summed E-state index contributed by atoms with van der Waals surface area (Å²) in [5.41, 5.74) is 16.7. The predicted octanol–water partition coefficient (Wildman–Crippen LogP) is 3.73. The van der Waals surface area contributed by atoms with Crippen molar-refractivity contribution in [1.29, 1.82) is 0 Å². The number of aromatic nitrogens is 2. The minimum Gasteiger partial charge on any atom is -0.383 e. The first-order valence-electron chi connectivity index (χ1n) is 11.9. The number of carbonyl (C=O) groups is 1. The minimum atomic E-state index is -1.13. The molecule has 5 rings (SSSR count).